The molecule has 0 aliphatic rings. The van der Waals surface area contributed by atoms with Crippen LogP contribution >= 0.6 is 56.9 Å². The number of nitrogens with zero attached hydrogens (tertiary/aromatic N) is 2. The Bertz CT molecular complexity index is 1020. The molecule has 0 atom stereocenters. The number of ether oxygens (including phenoxy) is 1. The highest BCUT2D eigenvalue weighted by molar-refractivity contribution is 14.1. The predicted molar refractivity (Wildman–Crippen MR) is 123 cm³/mol. The highest BCUT2D eigenvalue weighted by Crippen LogP contribution is 2.34. The highest BCUT2D eigenvalue weighted by Gasteiger charge is 2.17. The molecule has 28 heavy (non-hydrogen) atoms. The smallest absolute Gasteiger partial charge is 0.342 e. The summed E-state index contributed by atoms with van der Waals surface area (Å²) in [6.45, 7) is 2.04. The normalized spacial score (nSPS) is 11.5. The van der Waals surface area contributed by atoms with E-state index in [2.05, 4.69) is 55.4 Å². The Hall–Kier alpha value is -1.60. The second kappa shape index (κ2) is 9.74. The Morgan fingerprint density at radius 3 is 2.64 bits per heavy atom. The summed E-state index contributed by atoms with van der Waals surface area (Å²) in [7, 11) is 0. The Morgan fingerprint density at radius 1 is 1.25 bits per heavy atom. The van der Waals surface area contributed by atoms with Gasteiger partial charge in [0, 0.05) is 16.1 Å². The number of aliphatic carboxylic acids is 1. The van der Waals surface area contributed by atoms with E-state index in [9.17, 15) is 9.90 Å². The first-order valence-corrected chi connectivity index (χ1v) is 11.0. The fourth-order valence-electron chi connectivity index (χ4n) is 2.26. The van der Waals surface area contributed by atoms with Crippen molar-refractivity contribution >= 4 is 69.0 Å². The zero-order valence-corrected chi connectivity index (χ0v) is 19.7. The van der Waals surface area contributed by atoms with Gasteiger partial charge in [0.05, 0.1) is 3.57 Å². The van der Waals surface area contributed by atoms with Crippen LogP contribution < -0.4 is 4.74 Å². The van der Waals surface area contributed by atoms with Crippen LogP contribution in [0.25, 0.3) is 6.08 Å². The molecule has 3 aromatic rings. The second-order valence-electron chi connectivity index (χ2n) is 5.58. The van der Waals surface area contributed by atoms with Gasteiger partial charge in [-0.25, -0.2) is 4.79 Å². The van der Waals surface area contributed by atoms with E-state index in [0.717, 1.165) is 24.5 Å². The van der Waals surface area contributed by atoms with Gasteiger partial charge in [0.25, 0.3) is 5.22 Å². The van der Waals surface area contributed by atoms with E-state index >= 15 is 0 Å². The minimum Gasteiger partial charge on any atom is -0.487 e. The standard InChI is InChI=1S/C19H14I2N2O4S/c1-11-22-23-19(27-11)28-16(18(24)25)8-13-7-14(20)9-15(21)17(13)26-10-12-5-3-2-4-6-12/h2-9H,10H2,1H3,(H,24,25)/b16-8-. The molecule has 144 valence electrons. The maximum atomic E-state index is 11.8. The van der Waals surface area contributed by atoms with Crippen molar-refractivity contribution in [3.05, 3.63) is 71.5 Å². The van der Waals surface area contributed by atoms with Crippen LogP contribution in [0.15, 0.2) is 57.0 Å². The van der Waals surface area contributed by atoms with Gasteiger partial charge >= 0.3 is 5.97 Å². The van der Waals surface area contributed by atoms with E-state index in [1.54, 1.807) is 13.0 Å². The number of carboxylic acid groups (broad SMARTS) is 1. The van der Waals surface area contributed by atoms with Crippen LogP contribution in [0.5, 0.6) is 5.75 Å². The minimum absolute atomic E-state index is 0.0611. The van der Waals surface area contributed by atoms with Crippen LogP contribution in [0.2, 0.25) is 0 Å². The maximum absolute atomic E-state index is 11.8. The predicted octanol–water partition coefficient (Wildman–Crippen LogP) is 5.38. The molecule has 0 saturated carbocycles. The van der Waals surface area contributed by atoms with Gasteiger partial charge < -0.3 is 14.3 Å². The van der Waals surface area contributed by atoms with Crippen molar-refractivity contribution in [2.75, 3.05) is 0 Å². The molecule has 0 amide bonds. The van der Waals surface area contributed by atoms with Gasteiger partial charge in [-0.05, 0) is 80.7 Å². The van der Waals surface area contributed by atoms with Crippen LogP contribution in [-0.2, 0) is 11.4 Å². The van der Waals surface area contributed by atoms with Crippen LogP contribution in [-0.4, -0.2) is 21.3 Å². The van der Waals surface area contributed by atoms with Gasteiger partial charge in [-0.2, -0.15) is 0 Å². The van der Waals surface area contributed by atoms with E-state index in [1.807, 2.05) is 42.5 Å². The summed E-state index contributed by atoms with van der Waals surface area (Å²) < 4.78 is 13.2. The quantitative estimate of drug-likeness (QED) is 0.216. The monoisotopic (exact) mass is 620 g/mol. The largest absolute Gasteiger partial charge is 0.487 e. The van der Waals surface area contributed by atoms with E-state index < -0.39 is 5.97 Å². The third kappa shape index (κ3) is 5.70. The van der Waals surface area contributed by atoms with Crippen molar-refractivity contribution < 1.29 is 19.1 Å². The minimum atomic E-state index is -1.08. The van der Waals surface area contributed by atoms with Crippen molar-refractivity contribution in [3.8, 4) is 5.75 Å². The van der Waals surface area contributed by atoms with Crippen LogP contribution in [0, 0.1) is 14.1 Å². The molecule has 0 fully saturated rings. The Labute approximate surface area is 193 Å². The number of halogens is 2. The number of carboxylic acids is 1. The van der Waals surface area contributed by atoms with Gasteiger partial charge in [-0.1, -0.05) is 30.3 Å². The van der Waals surface area contributed by atoms with Gasteiger partial charge in [-0.15, -0.1) is 10.2 Å². The van der Waals surface area contributed by atoms with Crippen molar-refractivity contribution in [3.63, 3.8) is 0 Å². The molecule has 2 aromatic carbocycles. The van der Waals surface area contributed by atoms with Crippen molar-refractivity contribution in [1.82, 2.24) is 10.2 Å². The lowest BCUT2D eigenvalue weighted by molar-refractivity contribution is -0.131. The topological polar surface area (TPSA) is 85.5 Å². The third-order valence-corrected chi connectivity index (χ3v) is 5.74. The molecular formula is C19H14I2N2O4S. The van der Waals surface area contributed by atoms with Gasteiger partial charge in [-0.3, -0.25) is 0 Å². The summed E-state index contributed by atoms with van der Waals surface area (Å²) in [6, 6.07) is 13.7. The maximum Gasteiger partial charge on any atom is 0.342 e. The summed E-state index contributed by atoms with van der Waals surface area (Å²) in [5, 5.41) is 17.4. The third-order valence-electron chi connectivity index (χ3n) is 3.47. The molecule has 0 unspecified atom stereocenters. The van der Waals surface area contributed by atoms with Gasteiger partial charge in [0.15, 0.2) is 0 Å². The molecule has 0 aliphatic heterocycles. The fourth-order valence-corrected chi connectivity index (χ4v) is 5.01. The lowest BCUT2D eigenvalue weighted by Crippen LogP contribution is -2.01. The Kier molecular flexibility index (Phi) is 7.35. The molecular weight excluding hydrogens is 606 g/mol. The van der Waals surface area contributed by atoms with Crippen LogP contribution in [0.3, 0.4) is 0 Å². The van der Waals surface area contributed by atoms with Crippen LogP contribution in [0.4, 0.5) is 0 Å². The number of aromatic nitrogens is 2. The Balaban J connectivity index is 1.93. The average Bonchev–Trinajstić information content (AvgIpc) is 3.06. The molecule has 1 heterocycles. The van der Waals surface area contributed by atoms with Gasteiger partial charge in [0.1, 0.15) is 17.3 Å². The first-order chi connectivity index (χ1) is 13.4. The molecule has 0 spiro atoms. The summed E-state index contributed by atoms with van der Waals surface area (Å²) in [4.78, 5) is 11.8. The van der Waals surface area contributed by atoms with Crippen molar-refractivity contribution in [2.45, 2.75) is 18.8 Å². The summed E-state index contributed by atoms with van der Waals surface area (Å²) in [5.41, 5.74) is 1.70. The SMILES string of the molecule is Cc1nnc(S/C(=C\c2cc(I)cc(I)c2OCc2ccccc2)C(=O)O)o1. The first kappa shape index (κ1) is 21.1. The van der Waals surface area contributed by atoms with Crippen LogP contribution in [0.1, 0.15) is 17.0 Å². The number of rotatable bonds is 7. The molecule has 9 heteroatoms. The summed E-state index contributed by atoms with van der Waals surface area (Å²) in [5.74, 6) is -0.0717. The number of hydrogen-bond donors (Lipinski definition) is 1. The summed E-state index contributed by atoms with van der Waals surface area (Å²) >= 11 is 5.29. The summed E-state index contributed by atoms with van der Waals surface area (Å²) in [6.07, 6.45) is 1.57. The number of thioether (sulfide) groups is 1. The van der Waals surface area contributed by atoms with E-state index in [4.69, 9.17) is 9.15 Å². The highest BCUT2D eigenvalue weighted by atomic mass is 127. The number of benzene rings is 2. The second-order valence-corrected chi connectivity index (χ2v) is 8.98. The van der Waals surface area contributed by atoms with E-state index in [0.29, 0.717) is 23.8 Å². The molecule has 1 aromatic heterocycles. The zero-order chi connectivity index (χ0) is 20.1. The first-order valence-electron chi connectivity index (χ1n) is 8.01. The fraction of sp³-hybridized carbons (Fsp3) is 0.105. The Morgan fingerprint density at radius 2 is 2.00 bits per heavy atom. The molecule has 3 rings (SSSR count). The lowest BCUT2D eigenvalue weighted by atomic mass is 10.2. The van der Waals surface area contributed by atoms with Crippen molar-refractivity contribution in [2.24, 2.45) is 0 Å². The molecule has 0 saturated heterocycles. The molecule has 0 bridgehead atoms. The lowest BCUT2D eigenvalue weighted by Gasteiger charge is -2.13. The van der Waals surface area contributed by atoms with E-state index in [1.165, 1.54) is 0 Å². The molecule has 1 N–H and O–H groups in total. The van der Waals surface area contributed by atoms with E-state index in [-0.39, 0.29) is 10.1 Å². The van der Waals surface area contributed by atoms with Gasteiger partial charge in [0.2, 0.25) is 5.89 Å². The molecule has 0 aliphatic carbocycles. The average molecular weight is 620 g/mol. The zero-order valence-electron chi connectivity index (χ0n) is 14.6. The van der Waals surface area contributed by atoms with Crippen molar-refractivity contribution in [1.29, 1.82) is 0 Å². The number of carbonyl (C=O) groups is 1. The number of hydrogen-bond acceptors (Lipinski definition) is 6. The molecule has 6 nitrogen and oxygen atoms in total. The molecule has 0 radical (unpaired) electrons. The number of aryl methyl sites for hydroxylation is 1.